The summed E-state index contributed by atoms with van der Waals surface area (Å²) in [7, 11) is 0. The number of carbonyl (C=O) groups is 1. The van der Waals surface area contributed by atoms with Crippen LogP contribution in [0.1, 0.15) is 27.3 Å². The smallest absolute Gasteiger partial charge is 0.338 e. The molecule has 7 heteroatoms. The van der Waals surface area contributed by atoms with Crippen molar-refractivity contribution in [3.05, 3.63) is 40.4 Å². The number of aryl methyl sites for hydroxylation is 1. The Balaban J connectivity index is 1.88. The lowest BCUT2D eigenvalue weighted by atomic mass is 10.1. The molecule has 1 amide bonds. The van der Waals surface area contributed by atoms with E-state index in [4.69, 9.17) is 0 Å². The second-order valence-corrected chi connectivity index (χ2v) is 6.15. The highest BCUT2D eigenvalue weighted by molar-refractivity contribution is 7.17. The van der Waals surface area contributed by atoms with E-state index < -0.39 is 11.7 Å². The lowest BCUT2D eigenvalue weighted by molar-refractivity contribution is -0.137. The topological polar surface area (TPSA) is 33.2 Å². The minimum atomic E-state index is -4.35. The summed E-state index contributed by atoms with van der Waals surface area (Å²) in [6, 6.07) is 4.84. The molecule has 1 aromatic heterocycles. The summed E-state index contributed by atoms with van der Waals surface area (Å²) in [4.78, 5) is 18.9. The average Bonchev–Trinajstić information content (AvgIpc) is 2.78. The molecule has 2 aromatic rings. The molecule has 0 unspecified atom stereocenters. The average molecular weight is 326 g/mol. The van der Waals surface area contributed by atoms with E-state index in [-0.39, 0.29) is 5.91 Å². The molecule has 22 heavy (non-hydrogen) atoms. The highest BCUT2D eigenvalue weighted by Crippen LogP contribution is 2.33. The number of thiazole rings is 1. The maximum absolute atomic E-state index is 12.6. The van der Waals surface area contributed by atoms with E-state index in [2.05, 4.69) is 4.98 Å². The molecule has 1 aliphatic rings. The molecule has 0 radical (unpaired) electrons. The molecule has 0 N–H and O–H groups in total. The minimum Gasteiger partial charge on any atom is -0.338 e. The van der Waals surface area contributed by atoms with Crippen molar-refractivity contribution in [1.29, 1.82) is 0 Å². The van der Waals surface area contributed by atoms with Gasteiger partial charge in [-0.15, -0.1) is 11.3 Å². The molecular formula is C15H13F3N2OS. The predicted molar refractivity (Wildman–Crippen MR) is 77.8 cm³/mol. The Hall–Kier alpha value is -1.89. The predicted octanol–water partition coefficient (Wildman–Crippen LogP) is 3.98. The monoisotopic (exact) mass is 326 g/mol. The maximum atomic E-state index is 12.6. The standard InChI is InChI=1S/C15H13F3N2OS/c1-9-12(14(21)20-7-2-8-20)22-13(19-9)10-3-5-11(6-4-10)15(16,17)18/h3-6H,2,7-8H2,1H3. The van der Waals surface area contributed by atoms with E-state index in [0.717, 1.165) is 31.6 Å². The van der Waals surface area contributed by atoms with Crippen LogP contribution in [0.2, 0.25) is 0 Å². The van der Waals surface area contributed by atoms with E-state index in [1.54, 1.807) is 11.8 Å². The van der Waals surface area contributed by atoms with Crippen LogP contribution in [-0.4, -0.2) is 28.9 Å². The number of aromatic nitrogens is 1. The molecule has 0 aliphatic carbocycles. The van der Waals surface area contributed by atoms with E-state index in [0.29, 0.717) is 21.1 Å². The molecule has 0 saturated carbocycles. The van der Waals surface area contributed by atoms with Gasteiger partial charge in [0.15, 0.2) is 0 Å². The zero-order chi connectivity index (χ0) is 15.9. The summed E-state index contributed by atoms with van der Waals surface area (Å²) in [5.41, 5.74) is 0.516. The van der Waals surface area contributed by atoms with Gasteiger partial charge in [-0.2, -0.15) is 13.2 Å². The molecule has 1 saturated heterocycles. The van der Waals surface area contributed by atoms with Crippen LogP contribution in [0.4, 0.5) is 13.2 Å². The first-order chi connectivity index (χ1) is 10.4. The first-order valence-electron chi connectivity index (χ1n) is 6.80. The molecule has 1 aromatic carbocycles. The molecule has 116 valence electrons. The number of benzene rings is 1. The fourth-order valence-electron chi connectivity index (χ4n) is 2.18. The second-order valence-electron chi connectivity index (χ2n) is 5.15. The van der Waals surface area contributed by atoms with Crippen LogP contribution < -0.4 is 0 Å². The van der Waals surface area contributed by atoms with Crippen LogP contribution in [0.25, 0.3) is 10.6 Å². The fraction of sp³-hybridized carbons (Fsp3) is 0.333. The molecule has 0 bridgehead atoms. The van der Waals surface area contributed by atoms with Crippen molar-refractivity contribution < 1.29 is 18.0 Å². The summed E-state index contributed by atoms with van der Waals surface area (Å²) < 4.78 is 37.7. The number of amides is 1. The number of carbonyl (C=O) groups excluding carboxylic acids is 1. The molecule has 2 heterocycles. The number of hydrogen-bond donors (Lipinski definition) is 0. The normalized spacial score (nSPS) is 14.8. The highest BCUT2D eigenvalue weighted by atomic mass is 32.1. The van der Waals surface area contributed by atoms with Gasteiger partial charge in [0.25, 0.3) is 5.91 Å². The van der Waals surface area contributed by atoms with Gasteiger partial charge in [-0.3, -0.25) is 4.79 Å². The van der Waals surface area contributed by atoms with Crippen LogP contribution in [0, 0.1) is 6.92 Å². The lowest BCUT2D eigenvalue weighted by Crippen LogP contribution is -2.41. The zero-order valence-electron chi connectivity index (χ0n) is 11.8. The summed E-state index contributed by atoms with van der Waals surface area (Å²) in [5.74, 6) is -0.0422. The van der Waals surface area contributed by atoms with E-state index in [1.165, 1.54) is 23.5 Å². The first-order valence-corrected chi connectivity index (χ1v) is 7.62. The third-order valence-corrected chi connectivity index (χ3v) is 4.79. The van der Waals surface area contributed by atoms with Crippen LogP contribution in [0.15, 0.2) is 24.3 Å². The third-order valence-electron chi connectivity index (χ3n) is 3.59. The van der Waals surface area contributed by atoms with E-state index >= 15 is 0 Å². The van der Waals surface area contributed by atoms with E-state index in [9.17, 15) is 18.0 Å². The SMILES string of the molecule is Cc1nc(-c2ccc(C(F)(F)F)cc2)sc1C(=O)N1CCC1. The minimum absolute atomic E-state index is 0.0422. The lowest BCUT2D eigenvalue weighted by Gasteiger charge is -2.30. The molecule has 0 atom stereocenters. The quantitative estimate of drug-likeness (QED) is 0.836. The summed E-state index contributed by atoms with van der Waals surface area (Å²) >= 11 is 1.23. The third kappa shape index (κ3) is 2.72. The van der Waals surface area contributed by atoms with Gasteiger partial charge in [0.1, 0.15) is 9.88 Å². The number of halogens is 3. The number of rotatable bonds is 2. The molecule has 0 spiro atoms. The number of alkyl halides is 3. The van der Waals surface area contributed by atoms with Crippen molar-refractivity contribution >= 4 is 17.2 Å². The highest BCUT2D eigenvalue weighted by Gasteiger charge is 2.30. The Morgan fingerprint density at radius 1 is 1.23 bits per heavy atom. The second kappa shape index (κ2) is 5.39. The van der Waals surface area contributed by atoms with Gasteiger partial charge in [-0.05, 0) is 25.5 Å². The molecular weight excluding hydrogens is 313 g/mol. The zero-order valence-corrected chi connectivity index (χ0v) is 12.6. The summed E-state index contributed by atoms with van der Waals surface area (Å²) in [6.45, 7) is 3.26. The van der Waals surface area contributed by atoms with Crippen molar-refractivity contribution in [3.63, 3.8) is 0 Å². The van der Waals surface area contributed by atoms with Crippen LogP contribution in [-0.2, 0) is 6.18 Å². The molecule has 3 rings (SSSR count). The van der Waals surface area contributed by atoms with Gasteiger partial charge in [0.2, 0.25) is 0 Å². The molecule has 1 aliphatic heterocycles. The Morgan fingerprint density at radius 2 is 1.86 bits per heavy atom. The van der Waals surface area contributed by atoms with Crippen LogP contribution >= 0.6 is 11.3 Å². The van der Waals surface area contributed by atoms with Crippen LogP contribution in [0.5, 0.6) is 0 Å². The van der Waals surface area contributed by atoms with Gasteiger partial charge in [-0.1, -0.05) is 12.1 Å². The van der Waals surface area contributed by atoms with Crippen molar-refractivity contribution in [2.24, 2.45) is 0 Å². The van der Waals surface area contributed by atoms with Crippen molar-refractivity contribution in [1.82, 2.24) is 9.88 Å². The number of nitrogens with zero attached hydrogens (tertiary/aromatic N) is 2. The van der Waals surface area contributed by atoms with Crippen molar-refractivity contribution in [2.75, 3.05) is 13.1 Å². The largest absolute Gasteiger partial charge is 0.416 e. The van der Waals surface area contributed by atoms with Crippen molar-refractivity contribution in [3.8, 4) is 10.6 Å². The summed E-state index contributed by atoms with van der Waals surface area (Å²) in [5, 5.41) is 0.565. The van der Waals surface area contributed by atoms with Gasteiger partial charge in [0, 0.05) is 18.7 Å². The number of hydrogen-bond acceptors (Lipinski definition) is 3. The Morgan fingerprint density at radius 3 is 2.36 bits per heavy atom. The van der Waals surface area contributed by atoms with Gasteiger partial charge in [0.05, 0.1) is 11.3 Å². The fourth-order valence-corrected chi connectivity index (χ4v) is 3.22. The van der Waals surface area contributed by atoms with E-state index in [1.807, 2.05) is 0 Å². The van der Waals surface area contributed by atoms with Gasteiger partial charge in [-0.25, -0.2) is 4.98 Å². The van der Waals surface area contributed by atoms with Gasteiger partial charge >= 0.3 is 6.18 Å². The summed E-state index contributed by atoms with van der Waals surface area (Å²) in [6.07, 6.45) is -3.34. The number of likely N-dealkylation sites (tertiary alicyclic amines) is 1. The molecule has 1 fully saturated rings. The van der Waals surface area contributed by atoms with Crippen LogP contribution in [0.3, 0.4) is 0 Å². The van der Waals surface area contributed by atoms with Gasteiger partial charge < -0.3 is 4.90 Å². The first kappa shape index (κ1) is 15.0. The van der Waals surface area contributed by atoms with Crippen molar-refractivity contribution in [2.45, 2.75) is 19.5 Å². The molecule has 3 nitrogen and oxygen atoms in total. The Bertz CT molecular complexity index is 703. The maximum Gasteiger partial charge on any atom is 0.416 e. The Kier molecular flexibility index (Phi) is 3.68. The Labute approximate surface area is 129 Å².